The number of hydrogen-bond acceptors (Lipinski definition) is 4. The molecule has 1 aliphatic heterocycles. The summed E-state index contributed by atoms with van der Waals surface area (Å²) in [5.41, 5.74) is 11.3. The Morgan fingerprint density at radius 1 is 0.458 bits per heavy atom. The number of hydrogen-bond donors (Lipinski definition) is 0. The number of para-hydroxylation sites is 2. The van der Waals surface area contributed by atoms with Crippen LogP contribution < -0.4 is 9.64 Å². The third kappa shape index (κ3) is 4.30. The van der Waals surface area contributed by atoms with Crippen molar-refractivity contribution < 1.29 is 13.6 Å². The van der Waals surface area contributed by atoms with Crippen molar-refractivity contribution in [1.29, 1.82) is 0 Å². The van der Waals surface area contributed by atoms with Gasteiger partial charge in [-0.2, -0.15) is 0 Å². The maximum Gasteiger partial charge on any atom is 0.139 e. The molecule has 1 atom stereocenters. The molecule has 48 heavy (non-hydrogen) atoms. The van der Waals surface area contributed by atoms with Crippen molar-refractivity contribution in [1.82, 2.24) is 0 Å². The largest absolute Gasteiger partial charge is 0.484 e. The summed E-state index contributed by atoms with van der Waals surface area (Å²) in [5, 5.41) is 4.38. The molecule has 9 aromatic rings. The SMILES string of the molecule is c1ccc(C2Cc3ccc4oc5cc(-c6ccc(N(c7ccccc7)c7ccc8c(c7)oc7ccccc78)cc6)ccc5c4c3O2)cc1. The molecule has 1 unspecified atom stereocenters. The summed E-state index contributed by atoms with van der Waals surface area (Å²) in [7, 11) is 0. The Hall–Kier alpha value is -6.26. The van der Waals surface area contributed by atoms with Crippen molar-refractivity contribution >= 4 is 60.9 Å². The van der Waals surface area contributed by atoms with E-state index < -0.39 is 0 Å². The minimum absolute atomic E-state index is 0.0191. The molecule has 4 heteroatoms. The van der Waals surface area contributed by atoms with Crippen LogP contribution in [0.2, 0.25) is 0 Å². The zero-order valence-corrected chi connectivity index (χ0v) is 26.0. The van der Waals surface area contributed by atoms with Crippen LogP contribution in [0.25, 0.3) is 55.0 Å². The van der Waals surface area contributed by atoms with Crippen LogP contribution in [0.15, 0.2) is 167 Å². The molecule has 7 aromatic carbocycles. The third-order valence-electron chi connectivity index (χ3n) is 9.60. The van der Waals surface area contributed by atoms with Gasteiger partial charge in [-0.1, -0.05) is 91.0 Å². The van der Waals surface area contributed by atoms with Crippen molar-refractivity contribution in [3.8, 4) is 16.9 Å². The Balaban J connectivity index is 1.01. The molecule has 0 N–H and O–H groups in total. The third-order valence-corrected chi connectivity index (χ3v) is 9.60. The second kappa shape index (κ2) is 10.6. The van der Waals surface area contributed by atoms with Crippen LogP contribution >= 0.6 is 0 Å². The van der Waals surface area contributed by atoms with E-state index in [2.05, 4.69) is 138 Å². The maximum absolute atomic E-state index is 6.56. The van der Waals surface area contributed by atoms with Crippen molar-refractivity contribution in [3.63, 3.8) is 0 Å². The van der Waals surface area contributed by atoms with Crippen molar-refractivity contribution in [2.45, 2.75) is 12.5 Å². The van der Waals surface area contributed by atoms with E-state index in [-0.39, 0.29) is 6.10 Å². The summed E-state index contributed by atoms with van der Waals surface area (Å²) in [6, 6.07) is 55.0. The molecule has 4 nitrogen and oxygen atoms in total. The van der Waals surface area contributed by atoms with Crippen LogP contribution in [0.1, 0.15) is 17.2 Å². The van der Waals surface area contributed by atoms with Crippen LogP contribution in [0.4, 0.5) is 17.1 Å². The van der Waals surface area contributed by atoms with Crippen LogP contribution in [0.5, 0.6) is 5.75 Å². The van der Waals surface area contributed by atoms with Gasteiger partial charge in [-0.3, -0.25) is 0 Å². The first-order chi connectivity index (χ1) is 23.8. The van der Waals surface area contributed by atoms with E-state index in [0.717, 1.165) is 84.2 Å². The summed E-state index contributed by atoms with van der Waals surface area (Å²) in [6.45, 7) is 0. The summed E-state index contributed by atoms with van der Waals surface area (Å²) in [5.74, 6) is 0.944. The minimum atomic E-state index is 0.0191. The van der Waals surface area contributed by atoms with Crippen LogP contribution in [-0.4, -0.2) is 0 Å². The summed E-state index contributed by atoms with van der Waals surface area (Å²) in [6.07, 6.45) is 0.879. The molecule has 0 saturated carbocycles. The Morgan fingerprint density at radius 3 is 1.96 bits per heavy atom. The molecule has 2 aromatic heterocycles. The molecule has 0 amide bonds. The fraction of sp³-hybridized carbons (Fsp3) is 0.0455. The van der Waals surface area contributed by atoms with Gasteiger partial charge < -0.3 is 18.5 Å². The molecular formula is C44H29NO3. The molecule has 10 rings (SSSR count). The predicted molar refractivity (Wildman–Crippen MR) is 195 cm³/mol. The molecule has 228 valence electrons. The van der Waals surface area contributed by atoms with Crippen LogP contribution in [0.3, 0.4) is 0 Å². The minimum Gasteiger partial charge on any atom is -0.484 e. The second-order valence-corrected chi connectivity index (χ2v) is 12.5. The van der Waals surface area contributed by atoms with Crippen molar-refractivity contribution in [2.24, 2.45) is 0 Å². The first kappa shape index (κ1) is 26.9. The van der Waals surface area contributed by atoms with Crippen LogP contribution in [-0.2, 0) is 6.42 Å². The highest BCUT2D eigenvalue weighted by molar-refractivity contribution is 6.10. The summed E-state index contributed by atoms with van der Waals surface area (Å²) in [4.78, 5) is 2.27. The van der Waals surface area contributed by atoms with E-state index in [1.165, 1.54) is 11.1 Å². The zero-order valence-electron chi connectivity index (χ0n) is 26.0. The fourth-order valence-electron chi connectivity index (χ4n) is 7.27. The van der Waals surface area contributed by atoms with Gasteiger partial charge in [-0.15, -0.1) is 0 Å². The van der Waals surface area contributed by atoms with E-state index in [1.54, 1.807) is 0 Å². The highest BCUT2D eigenvalue weighted by Crippen LogP contribution is 2.46. The second-order valence-electron chi connectivity index (χ2n) is 12.5. The average molecular weight is 620 g/mol. The Morgan fingerprint density at radius 2 is 1.10 bits per heavy atom. The molecule has 0 saturated heterocycles. The normalized spacial score (nSPS) is 14.1. The lowest BCUT2D eigenvalue weighted by Gasteiger charge is -2.25. The van der Waals surface area contributed by atoms with E-state index in [9.17, 15) is 0 Å². The number of fused-ring (bicyclic) bond motifs is 8. The van der Waals surface area contributed by atoms with Gasteiger partial charge in [0.1, 0.15) is 34.2 Å². The molecule has 0 fully saturated rings. The Bertz CT molecular complexity index is 2620. The molecular weight excluding hydrogens is 590 g/mol. The lowest BCUT2D eigenvalue weighted by molar-refractivity contribution is 0.241. The van der Waals surface area contributed by atoms with E-state index in [1.807, 2.05) is 24.3 Å². The van der Waals surface area contributed by atoms with Crippen molar-refractivity contribution in [2.75, 3.05) is 4.90 Å². The molecule has 3 heterocycles. The highest BCUT2D eigenvalue weighted by Gasteiger charge is 2.28. The molecule has 0 radical (unpaired) electrons. The van der Waals surface area contributed by atoms with Gasteiger partial charge in [0.15, 0.2) is 0 Å². The van der Waals surface area contributed by atoms with E-state index >= 15 is 0 Å². The zero-order chi connectivity index (χ0) is 31.6. The lowest BCUT2D eigenvalue weighted by atomic mass is 10.0. The number of rotatable bonds is 5. The van der Waals surface area contributed by atoms with Gasteiger partial charge >= 0.3 is 0 Å². The Kier molecular flexibility index (Phi) is 5.97. The number of ether oxygens (including phenoxy) is 1. The quantitative estimate of drug-likeness (QED) is 0.192. The highest BCUT2D eigenvalue weighted by atomic mass is 16.5. The average Bonchev–Trinajstić information content (AvgIpc) is 3.85. The Labute approximate surface area is 277 Å². The lowest BCUT2D eigenvalue weighted by Crippen LogP contribution is -2.09. The first-order valence-corrected chi connectivity index (χ1v) is 16.3. The molecule has 0 aliphatic carbocycles. The number of benzene rings is 7. The number of anilines is 3. The maximum atomic E-state index is 6.56. The van der Waals surface area contributed by atoms with E-state index in [4.69, 9.17) is 13.6 Å². The molecule has 0 spiro atoms. The van der Waals surface area contributed by atoms with Gasteiger partial charge in [-0.25, -0.2) is 0 Å². The van der Waals surface area contributed by atoms with Gasteiger partial charge in [0, 0.05) is 45.7 Å². The van der Waals surface area contributed by atoms with Crippen molar-refractivity contribution in [3.05, 3.63) is 169 Å². The molecule has 0 bridgehead atoms. The summed E-state index contributed by atoms with van der Waals surface area (Å²) >= 11 is 0. The number of furan rings is 2. The topological polar surface area (TPSA) is 38.8 Å². The van der Waals surface area contributed by atoms with Gasteiger partial charge in [0.25, 0.3) is 0 Å². The smallest absolute Gasteiger partial charge is 0.139 e. The summed E-state index contributed by atoms with van der Waals surface area (Å²) < 4.78 is 19.2. The van der Waals surface area contributed by atoms with Crippen LogP contribution in [0, 0.1) is 0 Å². The van der Waals surface area contributed by atoms with Gasteiger partial charge in [0.05, 0.1) is 5.39 Å². The molecule has 1 aliphatic rings. The van der Waals surface area contributed by atoms with Gasteiger partial charge in [0.2, 0.25) is 0 Å². The van der Waals surface area contributed by atoms with Gasteiger partial charge in [-0.05, 0) is 82.9 Å². The number of nitrogens with zero attached hydrogens (tertiary/aromatic N) is 1. The van der Waals surface area contributed by atoms with E-state index in [0.29, 0.717) is 0 Å². The fourth-order valence-corrected chi connectivity index (χ4v) is 7.27. The first-order valence-electron chi connectivity index (χ1n) is 16.3. The monoisotopic (exact) mass is 619 g/mol. The predicted octanol–water partition coefficient (Wildman–Crippen LogP) is 12.3. The standard InChI is InChI=1S/C44H29NO3/c1-3-9-29(10-4-1)40-26-31-18-24-39-43(44(31)48-40)37-22-17-30(25-41(37)47-39)28-15-19-33(20-16-28)45(32-11-5-2-6-12-32)34-21-23-36-35-13-7-8-14-38(35)46-42(36)27-34/h1-25,27,40H,26H2.